The Balaban J connectivity index is 1.52. The van der Waals surface area contributed by atoms with Crippen molar-refractivity contribution in [3.63, 3.8) is 0 Å². The Morgan fingerprint density at radius 3 is 2.61 bits per heavy atom. The molecule has 3 aliphatic heterocycles. The highest BCUT2D eigenvalue weighted by molar-refractivity contribution is 7.98. The second-order valence-corrected chi connectivity index (χ2v) is 11.1. The summed E-state index contributed by atoms with van der Waals surface area (Å²) in [6.45, 7) is 8.32. The van der Waals surface area contributed by atoms with Crippen LogP contribution in [0.2, 0.25) is 0 Å². The van der Waals surface area contributed by atoms with E-state index in [4.69, 9.17) is 4.74 Å². The van der Waals surface area contributed by atoms with Gasteiger partial charge < -0.3 is 9.64 Å². The van der Waals surface area contributed by atoms with Crippen molar-refractivity contribution in [3.8, 4) is 11.1 Å². The second kappa shape index (κ2) is 9.22. The molecule has 1 aromatic heterocycles. The molecule has 6 heteroatoms. The lowest BCUT2D eigenvalue weighted by atomic mass is 9.89. The van der Waals surface area contributed by atoms with E-state index in [9.17, 15) is 4.79 Å². The van der Waals surface area contributed by atoms with Crippen molar-refractivity contribution in [1.82, 2.24) is 9.58 Å². The standard InChI is InChI=1S/C32H29N3O2S/c1-21-28(36)15-16-34-31(21)22(2)33-17-18-37-19-30(33)35(34)32-25-13-8-12-24(23-9-4-3-5-10-23)27(25)20-38-29-14-7-6-11-26(29)32/h3-16,30,32H,2,17-20H2,1H3/t30-,32+/m1/s1. The Kier molecular flexibility index (Phi) is 5.68. The number of hydrogen-bond donors (Lipinski definition) is 0. The van der Waals surface area contributed by atoms with Crippen molar-refractivity contribution < 1.29 is 4.74 Å². The third-order valence-corrected chi connectivity index (χ3v) is 9.16. The summed E-state index contributed by atoms with van der Waals surface area (Å²) < 4.78 is 8.24. The van der Waals surface area contributed by atoms with Gasteiger partial charge in [-0.05, 0) is 40.8 Å². The van der Waals surface area contributed by atoms with Crippen molar-refractivity contribution in [1.29, 1.82) is 0 Å². The number of aromatic nitrogens is 1. The molecule has 3 aliphatic rings. The lowest BCUT2D eigenvalue weighted by molar-refractivity contribution is 0.00314. The number of rotatable bonds is 2. The van der Waals surface area contributed by atoms with Gasteiger partial charge in [0.05, 0.1) is 30.6 Å². The van der Waals surface area contributed by atoms with Gasteiger partial charge in [0, 0.05) is 35.0 Å². The molecule has 0 aliphatic carbocycles. The molecule has 0 saturated carbocycles. The second-order valence-electron chi connectivity index (χ2n) is 10.0. The largest absolute Gasteiger partial charge is 0.375 e. The van der Waals surface area contributed by atoms with E-state index < -0.39 is 0 Å². The molecule has 3 aromatic carbocycles. The Hall–Kier alpha value is -3.74. The number of hydrogen-bond acceptors (Lipinski definition) is 5. The Morgan fingerprint density at radius 2 is 1.74 bits per heavy atom. The minimum Gasteiger partial charge on any atom is -0.375 e. The first kappa shape index (κ1) is 23.4. The first-order valence-electron chi connectivity index (χ1n) is 13.1. The van der Waals surface area contributed by atoms with Crippen LogP contribution in [0.4, 0.5) is 0 Å². The third-order valence-electron chi connectivity index (χ3n) is 8.04. The average Bonchev–Trinajstić information content (AvgIpc) is 3.13. The van der Waals surface area contributed by atoms with Crippen molar-refractivity contribution in [2.75, 3.05) is 24.8 Å². The van der Waals surface area contributed by atoms with Crippen LogP contribution in [0.5, 0.6) is 0 Å². The zero-order valence-corrected chi connectivity index (χ0v) is 22.2. The van der Waals surface area contributed by atoms with Gasteiger partial charge in [-0.3, -0.25) is 14.5 Å². The van der Waals surface area contributed by atoms with Crippen molar-refractivity contribution in [2.45, 2.75) is 29.8 Å². The molecule has 190 valence electrons. The predicted octanol–water partition coefficient (Wildman–Crippen LogP) is 5.80. The average molecular weight is 520 g/mol. The quantitative estimate of drug-likeness (QED) is 0.335. The molecule has 0 bridgehead atoms. The molecule has 38 heavy (non-hydrogen) atoms. The highest BCUT2D eigenvalue weighted by Crippen LogP contribution is 2.47. The number of pyridine rings is 1. The molecule has 0 unspecified atom stereocenters. The van der Waals surface area contributed by atoms with Crippen LogP contribution in [0.1, 0.15) is 34.0 Å². The van der Waals surface area contributed by atoms with E-state index in [-0.39, 0.29) is 17.6 Å². The number of fused-ring (bicyclic) bond motifs is 4. The first-order valence-corrected chi connectivity index (χ1v) is 14.1. The fraction of sp³-hybridized carbons (Fsp3) is 0.219. The van der Waals surface area contributed by atoms with Gasteiger partial charge in [-0.25, -0.2) is 0 Å². The van der Waals surface area contributed by atoms with E-state index in [1.165, 1.54) is 32.7 Å². The molecular weight excluding hydrogens is 490 g/mol. The van der Waals surface area contributed by atoms with Gasteiger partial charge in [0.1, 0.15) is 6.17 Å². The summed E-state index contributed by atoms with van der Waals surface area (Å²) in [6.07, 6.45) is 1.86. The van der Waals surface area contributed by atoms with E-state index >= 15 is 0 Å². The molecule has 1 saturated heterocycles. The van der Waals surface area contributed by atoms with E-state index in [0.29, 0.717) is 13.2 Å². The van der Waals surface area contributed by atoms with Crippen LogP contribution < -0.4 is 10.4 Å². The summed E-state index contributed by atoms with van der Waals surface area (Å²) in [5.41, 5.74) is 8.91. The molecule has 7 rings (SSSR count). The molecule has 0 radical (unpaired) electrons. The summed E-state index contributed by atoms with van der Waals surface area (Å²) >= 11 is 1.90. The van der Waals surface area contributed by atoms with Gasteiger partial charge in [-0.1, -0.05) is 73.3 Å². The lowest BCUT2D eigenvalue weighted by Crippen LogP contribution is -2.63. The highest BCUT2D eigenvalue weighted by atomic mass is 32.2. The normalized spacial score (nSPS) is 20.2. The molecule has 0 spiro atoms. The monoisotopic (exact) mass is 519 g/mol. The minimum atomic E-state index is -0.0807. The van der Waals surface area contributed by atoms with E-state index in [1.54, 1.807) is 6.07 Å². The summed E-state index contributed by atoms with van der Waals surface area (Å²) in [4.78, 5) is 16.4. The van der Waals surface area contributed by atoms with Crippen LogP contribution >= 0.6 is 11.8 Å². The molecule has 4 heterocycles. The molecule has 0 N–H and O–H groups in total. The molecule has 5 nitrogen and oxygen atoms in total. The topological polar surface area (TPSA) is 37.7 Å². The molecule has 1 fully saturated rings. The van der Waals surface area contributed by atoms with Gasteiger partial charge >= 0.3 is 0 Å². The maximum atomic E-state index is 12.8. The van der Waals surface area contributed by atoms with E-state index in [1.807, 2.05) is 24.9 Å². The Labute approximate surface area is 226 Å². The van der Waals surface area contributed by atoms with Crippen LogP contribution in [0.25, 0.3) is 16.8 Å². The van der Waals surface area contributed by atoms with Crippen LogP contribution in [-0.4, -0.2) is 35.5 Å². The zero-order chi connectivity index (χ0) is 25.8. The van der Waals surface area contributed by atoms with Crippen LogP contribution in [0.3, 0.4) is 0 Å². The van der Waals surface area contributed by atoms with Gasteiger partial charge in [-0.15, -0.1) is 11.8 Å². The Bertz CT molecular complexity index is 1610. The van der Waals surface area contributed by atoms with E-state index in [0.717, 1.165) is 29.3 Å². The number of thioether (sulfide) groups is 1. The maximum absolute atomic E-state index is 12.8. The zero-order valence-electron chi connectivity index (χ0n) is 21.3. The molecule has 4 aromatic rings. The summed E-state index contributed by atoms with van der Waals surface area (Å²) in [6, 6.07) is 27.7. The van der Waals surface area contributed by atoms with Gasteiger partial charge in [0.25, 0.3) is 0 Å². The van der Waals surface area contributed by atoms with Crippen LogP contribution in [-0.2, 0) is 10.5 Å². The third kappa shape index (κ3) is 3.55. The highest BCUT2D eigenvalue weighted by Gasteiger charge is 2.43. The van der Waals surface area contributed by atoms with Crippen LogP contribution in [0, 0.1) is 6.92 Å². The lowest BCUT2D eigenvalue weighted by Gasteiger charge is -2.53. The number of ether oxygens (including phenoxy) is 1. The minimum absolute atomic E-state index is 0.0349. The van der Waals surface area contributed by atoms with Gasteiger partial charge in [0.2, 0.25) is 0 Å². The molecule has 2 atom stereocenters. The van der Waals surface area contributed by atoms with Crippen LogP contribution in [0.15, 0.2) is 101 Å². The molecular formula is C32H29N3O2S. The first-order chi connectivity index (χ1) is 18.6. The van der Waals surface area contributed by atoms with Crippen molar-refractivity contribution >= 4 is 17.5 Å². The van der Waals surface area contributed by atoms with Gasteiger partial charge in [-0.2, -0.15) is 0 Å². The summed E-state index contributed by atoms with van der Waals surface area (Å²) in [7, 11) is 0. The Morgan fingerprint density at radius 1 is 0.947 bits per heavy atom. The fourth-order valence-corrected chi connectivity index (χ4v) is 7.36. The number of benzene rings is 3. The number of morpholine rings is 1. The van der Waals surface area contributed by atoms with Crippen molar-refractivity contribution in [2.24, 2.45) is 0 Å². The fourth-order valence-electron chi connectivity index (χ4n) is 6.22. The SMILES string of the molecule is C=C1c2c(C)c(=O)ccn2N([C@@H]2c3ccccc3SCc3c(-c4ccccc4)cccc32)[C@@H]2COCCN12. The predicted molar refractivity (Wildman–Crippen MR) is 154 cm³/mol. The summed E-state index contributed by atoms with van der Waals surface area (Å²) in [5.74, 6) is 0.884. The smallest absolute Gasteiger partial charge is 0.185 e. The van der Waals surface area contributed by atoms with E-state index in [2.05, 4.69) is 94.0 Å². The number of nitrogens with zero attached hydrogens (tertiary/aromatic N) is 3. The maximum Gasteiger partial charge on any atom is 0.185 e. The van der Waals surface area contributed by atoms with Crippen molar-refractivity contribution in [3.05, 3.63) is 130 Å². The summed E-state index contributed by atoms with van der Waals surface area (Å²) in [5, 5.41) is 2.42. The van der Waals surface area contributed by atoms with Gasteiger partial charge in [0.15, 0.2) is 5.43 Å². The molecule has 0 amide bonds.